The minimum atomic E-state index is -0.0843. The number of imidazole rings is 1. The maximum atomic E-state index is 12.0. The molecule has 2 rings (SSSR count). The predicted octanol–water partition coefficient (Wildman–Crippen LogP) is 2.71. The zero-order valence-corrected chi connectivity index (χ0v) is 14.2. The molecule has 2 N–H and O–H groups in total. The van der Waals surface area contributed by atoms with Gasteiger partial charge in [0.1, 0.15) is 0 Å². The monoisotopic (exact) mass is 369 g/mol. The first-order valence-corrected chi connectivity index (χ1v) is 8.09. The van der Waals surface area contributed by atoms with Crippen molar-refractivity contribution >= 4 is 39.3 Å². The normalized spacial score (nSPS) is 10.7. The summed E-state index contributed by atoms with van der Waals surface area (Å²) < 4.78 is 2.76. The highest BCUT2D eigenvalue weighted by Gasteiger charge is 2.10. The van der Waals surface area contributed by atoms with Crippen molar-refractivity contribution in [3.63, 3.8) is 0 Å². The van der Waals surface area contributed by atoms with E-state index >= 15 is 0 Å². The van der Waals surface area contributed by atoms with Crippen molar-refractivity contribution in [2.75, 3.05) is 11.1 Å². The number of amides is 1. The van der Waals surface area contributed by atoms with Crippen LogP contribution >= 0.6 is 27.7 Å². The van der Waals surface area contributed by atoms with Gasteiger partial charge in [-0.1, -0.05) is 27.7 Å². The van der Waals surface area contributed by atoms with Crippen LogP contribution in [-0.2, 0) is 18.4 Å². The molecule has 1 heterocycles. The number of hydrogen-bond donors (Lipinski definition) is 2. The van der Waals surface area contributed by atoms with Gasteiger partial charge in [-0.3, -0.25) is 4.79 Å². The van der Waals surface area contributed by atoms with Gasteiger partial charge in [0.2, 0.25) is 5.91 Å². The second kappa shape index (κ2) is 7.11. The molecule has 2 aromatic rings. The van der Waals surface area contributed by atoms with Crippen molar-refractivity contribution in [2.24, 2.45) is 7.05 Å². The van der Waals surface area contributed by atoms with Gasteiger partial charge in [0.05, 0.1) is 24.3 Å². The molecule has 0 aliphatic carbocycles. The minimum Gasteiger partial charge on any atom is -0.390 e. The van der Waals surface area contributed by atoms with Gasteiger partial charge in [-0.2, -0.15) is 0 Å². The molecule has 0 saturated carbocycles. The fourth-order valence-corrected chi connectivity index (χ4v) is 3.04. The number of rotatable bonds is 5. The molecule has 0 bridgehead atoms. The topological polar surface area (TPSA) is 67.2 Å². The molecule has 0 aliphatic heterocycles. The summed E-state index contributed by atoms with van der Waals surface area (Å²) in [7, 11) is 1.82. The number of halogens is 1. The smallest absolute Gasteiger partial charge is 0.234 e. The molecule has 21 heavy (non-hydrogen) atoms. The number of carbonyl (C=O) groups is 1. The Kier molecular flexibility index (Phi) is 5.44. The average molecular weight is 370 g/mol. The van der Waals surface area contributed by atoms with Crippen LogP contribution in [0.4, 0.5) is 5.69 Å². The van der Waals surface area contributed by atoms with Crippen LogP contribution in [0.25, 0.3) is 0 Å². The molecule has 0 unspecified atom stereocenters. The standard InChI is InChI=1S/C14H16BrN3O2S/c1-9-5-10(15)3-4-12(9)17-13(20)8-21-14-16-6-11(7-19)18(14)2/h3-6,19H,7-8H2,1-2H3,(H,17,20). The van der Waals surface area contributed by atoms with E-state index in [1.165, 1.54) is 11.8 Å². The molecular weight excluding hydrogens is 354 g/mol. The first-order chi connectivity index (χ1) is 10.0. The van der Waals surface area contributed by atoms with Crippen molar-refractivity contribution in [1.82, 2.24) is 9.55 Å². The summed E-state index contributed by atoms with van der Waals surface area (Å²) in [6.45, 7) is 1.88. The quantitative estimate of drug-likeness (QED) is 0.795. The Morgan fingerprint density at radius 2 is 2.29 bits per heavy atom. The number of thioether (sulfide) groups is 1. The summed E-state index contributed by atoms with van der Waals surface area (Å²) in [4.78, 5) is 16.2. The lowest BCUT2D eigenvalue weighted by Crippen LogP contribution is -2.15. The SMILES string of the molecule is Cc1cc(Br)ccc1NC(=O)CSc1ncc(CO)n1C. The highest BCUT2D eigenvalue weighted by molar-refractivity contribution is 9.10. The lowest BCUT2D eigenvalue weighted by Gasteiger charge is -2.08. The lowest BCUT2D eigenvalue weighted by molar-refractivity contribution is -0.113. The van der Waals surface area contributed by atoms with Gasteiger partial charge < -0.3 is 15.0 Å². The molecule has 0 radical (unpaired) electrons. The van der Waals surface area contributed by atoms with Crippen LogP contribution < -0.4 is 5.32 Å². The third-order valence-electron chi connectivity index (χ3n) is 3.00. The van der Waals surface area contributed by atoms with Crippen molar-refractivity contribution in [3.8, 4) is 0 Å². The molecule has 0 spiro atoms. The second-order valence-corrected chi connectivity index (χ2v) is 6.40. The Morgan fingerprint density at radius 1 is 1.52 bits per heavy atom. The van der Waals surface area contributed by atoms with Crippen LogP contribution in [0.3, 0.4) is 0 Å². The molecule has 1 amide bonds. The van der Waals surface area contributed by atoms with Gasteiger partial charge in [0.15, 0.2) is 5.16 Å². The summed E-state index contributed by atoms with van der Waals surface area (Å²) in [5.74, 6) is 0.185. The van der Waals surface area contributed by atoms with E-state index < -0.39 is 0 Å². The van der Waals surface area contributed by atoms with Gasteiger partial charge in [0, 0.05) is 17.2 Å². The lowest BCUT2D eigenvalue weighted by atomic mass is 10.2. The summed E-state index contributed by atoms with van der Waals surface area (Å²) in [5.41, 5.74) is 2.53. The van der Waals surface area contributed by atoms with Crippen LogP contribution in [0.15, 0.2) is 34.0 Å². The van der Waals surface area contributed by atoms with Gasteiger partial charge in [-0.25, -0.2) is 4.98 Å². The van der Waals surface area contributed by atoms with Crippen LogP contribution in [0, 0.1) is 6.92 Å². The third-order valence-corrected chi connectivity index (χ3v) is 4.54. The zero-order valence-electron chi connectivity index (χ0n) is 11.8. The Balaban J connectivity index is 1.94. The predicted molar refractivity (Wildman–Crippen MR) is 87.4 cm³/mol. The molecule has 0 fully saturated rings. The summed E-state index contributed by atoms with van der Waals surface area (Å²) >= 11 is 4.73. The maximum Gasteiger partial charge on any atom is 0.234 e. The van der Waals surface area contributed by atoms with Gasteiger partial charge in [0.25, 0.3) is 0 Å². The highest BCUT2D eigenvalue weighted by atomic mass is 79.9. The number of aliphatic hydroxyl groups is 1. The molecule has 0 atom stereocenters. The molecule has 112 valence electrons. The van der Waals surface area contributed by atoms with E-state index in [-0.39, 0.29) is 18.3 Å². The maximum absolute atomic E-state index is 12.0. The van der Waals surface area contributed by atoms with Crippen molar-refractivity contribution in [3.05, 3.63) is 40.1 Å². The first-order valence-electron chi connectivity index (χ1n) is 6.31. The minimum absolute atomic E-state index is 0.0612. The Morgan fingerprint density at radius 3 is 2.90 bits per heavy atom. The summed E-state index contributed by atoms with van der Waals surface area (Å²) in [6, 6.07) is 5.71. The fourth-order valence-electron chi connectivity index (χ4n) is 1.79. The van der Waals surface area contributed by atoms with Gasteiger partial charge in [-0.15, -0.1) is 0 Å². The third kappa shape index (κ3) is 4.09. The fraction of sp³-hybridized carbons (Fsp3) is 0.286. The van der Waals surface area contributed by atoms with E-state index in [9.17, 15) is 4.79 Å². The molecule has 1 aromatic heterocycles. The Labute approximate surface area is 135 Å². The molecular formula is C14H16BrN3O2S. The first kappa shape index (κ1) is 16.1. The number of benzene rings is 1. The van der Waals surface area contributed by atoms with Crippen LogP contribution in [0.2, 0.25) is 0 Å². The Hall–Kier alpha value is -1.31. The van der Waals surface area contributed by atoms with Crippen molar-refractivity contribution in [2.45, 2.75) is 18.7 Å². The zero-order chi connectivity index (χ0) is 15.4. The van der Waals surface area contributed by atoms with Crippen molar-refractivity contribution < 1.29 is 9.90 Å². The van der Waals surface area contributed by atoms with Gasteiger partial charge in [-0.05, 0) is 30.7 Å². The number of nitrogens with one attached hydrogen (secondary N) is 1. The van der Waals surface area contributed by atoms with Crippen molar-refractivity contribution in [1.29, 1.82) is 0 Å². The largest absolute Gasteiger partial charge is 0.390 e. The van der Waals surface area contributed by atoms with E-state index in [0.717, 1.165) is 21.4 Å². The van der Waals surface area contributed by atoms with E-state index in [2.05, 4.69) is 26.2 Å². The number of carbonyl (C=O) groups excluding carboxylic acids is 1. The number of hydrogen-bond acceptors (Lipinski definition) is 4. The highest BCUT2D eigenvalue weighted by Crippen LogP contribution is 2.21. The number of anilines is 1. The molecule has 7 heteroatoms. The number of aliphatic hydroxyl groups excluding tert-OH is 1. The summed E-state index contributed by atoms with van der Waals surface area (Å²) in [5, 5.41) is 12.7. The van der Waals surface area contributed by atoms with Crippen LogP contribution in [0.1, 0.15) is 11.3 Å². The van der Waals surface area contributed by atoms with E-state index in [0.29, 0.717) is 5.16 Å². The van der Waals surface area contributed by atoms with Crippen LogP contribution in [-0.4, -0.2) is 26.3 Å². The van der Waals surface area contributed by atoms with Crippen LogP contribution in [0.5, 0.6) is 0 Å². The molecule has 5 nitrogen and oxygen atoms in total. The average Bonchev–Trinajstić information content (AvgIpc) is 2.80. The number of aryl methyl sites for hydroxylation is 1. The van der Waals surface area contributed by atoms with E-state index in [1.807, 2.05) is 32.2 Å². The molecule has 1 aromatic carbocycles. The second-order valence-electron chi connectivity index (χ2n) is 4.55. The van der Waals surface area contributed by atoms with E-state index in [4.69, 9.17) is 5.11 Å². The number of nitrogens with zero attached hydrogens (tertiary/aromatic N) is 2. The Bertz CT molecular complexity index is 658. The van der Waals surface area contributed by atoms with E-state index in [1.54, 1.807) is 10.8 Å². The summed E-state index contributed by atoms with van der Waals surface area (Å²) in [6.07, 6.45) is 1.61. The van der Waals surface area contributed by atoms with Gasteiger partial charge >= 0.3 is 0 Å². The molecule has 0 saturated heterocycles. The number of aromatic nitrogens is 2. The molecule has 0 aliphatic rings.